The fourth-order valence-corrected chi connectivity index (χ4v) is 2.72. The molecule has 0 spiro atoms. The summed E-state index contributed by atoms with van der Waals surface area (Å²) in [6, 6.07) is 2.61. The summed E-state index contributed by atoms with van der Waals surface area (Å²) in [4.78, 5) is 2.42. The number of nitriles is 1. The summed E-state index contributed by atoms with van der Waals surface area (Å²) in [5, 5.41) is 13.0. The smallest absolute Gasteiger partial charge is 0.109 e. The number of rotatable bonds is 5. The Bertz CT molecular complexity index is 218. The minimum Gasteiger partial charge on any atom is -0.315 e. The third kappa shape index (κ3) is 3.20. The summed E-state index contributed by atoms with van der Waals surface area (Å²) in [7, 11) is 0. The predicted molar refractivity (Wildman–Crippen MR) is 67.2 cm³/mol. The monoisotopic (exact) mass is 223 g/mol. The molecule has 3 heteroatoms. The molecule has 1 rings (SSSR count). The quantitative estimate of drug-likeness (QED) is 0.776. The molecule has 0 unspecified atom stereocenters. The van der Waals surface area contributed by atoms with E-state index in [4.69, 9.17) is 0 Å². The number of hydrogen-bond acceptors (Lipinski definition) is 3. The second kappa shape index (κ2) is 6.88. The van der Waals surface area contributed by atoms with Crippen molar-refractivity contribution in [3.05, 3.63) is 0 Å². The van der Waals surface area contributed by atoms with Gasteiger partial charge in [-0.3, -0.25) is 4.90 Å². The molecule has 16 heavy (non-hydrogen) atoms. The van der Waals surface area contributed by atoms with Crippen LogP contribution in [0.15, 0.2) is 0 Å². The van der Waals surface area contributed by atoms with Crippen molar-refractivity contribution >= 4 is 0 Å². The first-order chi connectivity index (χ1) is 7.79. The molecule has 0 amide bonds. The van der Waals surface area contributed by atoms with Gasteiger partial charge in [0, 0.05) is 19.6 Å². The van der Waals surface area contributed by atoms with Crippen molar-refractivity contribution in [2.24, 2.45) is 0 Å². The molecule has 0 aromatic carbocycles. The van der Waals surface area contributed by atoms with Crippen molar-refractivity contribution < 1.29 is 0 Å². The molecular formula is C13H25N3. The third-order valence-corrected chi connectivity index (χ3v) is 3.48. The molecule has 3 nitrogen and oxygen atoms in total. The van der Waals surface area contributed by atoms with Crippen molar-refractivity contribution in [1.29, 1.82) is 5.26 Å². The number of nitrogens with one attached hydrogen (secondary N) is 1. The Balaban J connectivity index is 2.75. The predicted octanol–water partition coefficient (Wildman–Crippen LogP) is 2.14. The zero-order chi connectivity index (χ0) is 11.9. The summed E-state index contributed by atoms with van der Waals surface area (Å²) < 4.78 is 0. The van der Waals surface area contributed by atoms with Crippen LogP contribution >= 0.6 is 0 Å². The van der Waals surface area contributed by atoms with Crippen LogP contribution in [0.2, 0.25) is 0 Å². The molecule has 0 bridgehead atoms. The molecule has 1 N–H and O–H groups in total. The van der Waals surface area contributed by atoms with Crippen LogP contribution in [0.1, 0.15) is 46.0 Å². The van der Waals surface area contributed by atoms with Gasteiger partial charge in [0.1, 0.15) is 5.54 Å². The van der Waals surface area contributed by atoms with Crippen molar-refractivity contribution in [2.45, 2.75) is 51.5 Å². The van der Waals surface area contributed by atoms with Gasteiger partial charge in [0.2, 0.25) is 0 Å². The molecule has 0 aromatic rings. The first kappa shape index (κ1) is 13.5. The van der Waals surface area contributed by atoms with Crippen molar-refractivity contribution in [1.82, 2.24) is 10.2 Å². The number of nitrogens with zero attached hydrogens (tertiary/aromatic N) is 2. The molecule has 92 valence electrons. The largest absolute Gasteiger partial charge is 0.315 e. The fraction of sp³-hybridized carbons (Fsp3) is 0.923. The highest BCUT2D eigenvalue weighted by atomic mass is 15.2. The summed E-state index contributed by atoms with van der Waals surface area (Å²) in [5.74, 6) is 0. The molecule has 1 aliphatic rings. The summed E-state index contributed by atoms with van der Waals surface area (Å²) >= 11 is 0. The van der Waals surface area contributed by atoms with Crippen LogP contribution < -0.4 is 5.32 Å². The normalized spacial score (nSPS) is 19.1. The highest BCUT2D eigenvalue weighted by Crippen LogP contribution is 2.27. The molecule has 0 aliphatic carbocycles. The standard InChI is InChI=1S/C13H25N3/c1-3-6-13(12-14,7-4-2)16-10-5-8-15-9-11-16/h15H,3-11H2,1-2H3. The van der Waals surface area contributed by atoms with E-state index in [-0.39, 0.29) is 5.54 Å². The van der Waals surface area contributed by atoms with Crippen molar-refractivity contribution in [2.75, 3.05) is 26.2 Å². The van der Waals surface area contributed by atoms with Crippen LogP contribution in [0.5, 0.6) is 0 Å². The lowest BCUT2D eigenvalue weighted by Crippen LogP contribution is -2.49. The van der Waals surface area contributed by atoms with Gasteiger partial charge in [-0.25, -0.2) is 0 Å². The Morgan fingerprint density at radius 3 is 2.44 bits per heavy atom. The van der Waals surface area contributed by atoms with Gasteiger partial charge >= 0.3 is 0 Å². The lowest BCUT2D eigenvalue weighted by Gasteiger charge is -2.38. The van der Waals surface area contributed by atoms with Gasteiger partial charge in [-0.15, -0.1) is 0 Å². The molecule has 1 fully saturated rings. The average molecular weight is 223 g/mol. The van der Waals surface area contributed by atoms with Gasteiger partial charge in [0.25, 0.3) is 0 Å². The first-order valence-corrected chi connectivity index (χ1v) is 6.66. The Kier molecular flexibility index (Phi) is 5.79. The van der Waals surface area contributed by atoms with Gasteiger partial charge in [0.05, 0.1) is 6.07 Å². The van der Waals surface area contributed by atoms with E-state index in [2.05, 4.69) is 30.1 Å². The Hall–Kier alpha value is -0.590. The topological polar surface area (TPSA) is 39.1 Å². The van der Waals surface area contributed by atoms with E-state index < -0.39 is 0 Å². The fourth-order valence-electron chi connectivity index (χ4n) is 2.72. The van der Waals surface area contributed by atoms with Crippen molar-refractivity contribution in [3.8, 4) is 6.07 Å². The molecular weight excluding hydrogens is 198 g/mol. The maximum absolute atomic E-state index is 9.57. The molecule has 1 heterocycles. The molecule has 0 aromatic heterocycles. The third-order valence-electron chi connectivity index (χ3n) is 3.48. The Morgan fingerprint density at radius 2 is 1.88 bits per heavy atom. The van der Waals surface area contributed by atoms with E-state index >= 15 is 0 Å². The summed E-state index contributed by atoms with van der Waals surface area (Å²) in [6.45, 7) is 8.57. The molecule has 1 aliphatic heterocycles. The van der Waals surface area contributed by atoms with Crippen LogP contribution in [-0.4, -0.2) is 36.6 Å². The van der Waals surface area contributed by atoms with E-state index in [0.29, 0.717) is 0 Å². The van der Waals surface area contributed by atoms with Gasteiger partial charge in [0.15, 0.2) is 0 Å². The van der Waals surface area contributed by atoms with E-state index in [1.165, 1.54) is 0 Å². The Labute approximate surface area is 99.8 Å². The van der Waals surface area contributed by atoms with Crippen molar-refractivity contribution in [3.63, 3.8) is 0 Å². The zero-order valence-electron chi connectivity index (χ0n) is 10.8. The SMILES string of the molecule is CCCC(C#N)(CCC)N1CCCNCC1. The Morgan fingerprint density at radius 1 is 1.19 bits per heavy atom. The minimum atomic E-state index is -0.199. The summed E-state index contributed by atoms with van der Waals surface area (Å²) in [5.41, 5.74) is -0.199. The lowest BCUT2D eigenvalue weighted by atomic mass is 9.88. The zero-order valence-corrected chi connectivity index (χ0v) is 10.8. The summed E-state index contributed by atoms with van der Waals surface area (Å²) in [6.07, 6.45) is 5.38. The lowest BCUT2D eigenvalue weighted by molar-refractivity contribution is 0.125. The van der Waals surface area contributed by atoms with Crippen LogP contribution in [0.4, 0.5) is 0 Å². The maximum atomic E-state index is 9.57. The van der Waals surface area contributed by atoms with E-state index in [1.54, 1.807) is 0 Å². The van der Waals surface area contributed by atoms with Crippen LogP contribution in [0, 0.1) is 11.3 Å². The maximum Gasteiger partial charge on any atom is 0.109 e. The van der Waals surface area contributed by atoms with Gasteiger partial charge in [-0.2, -0.15) is 5.26 Å². The van der Waals surface area contributed by atoms with E-state index in [0.717, 1.165) is 58.3 Å². The number of hydrogen-bond donors (Lipinski definition) is 1. The second-order valence-electron chi connectivity index (χ2n) is 4.73. The molecule has 0 radical (unpaired) electrons. The van der Waals surface area contributed by atoms with Gasteiger partial charge < -0.3 is 5.32 Å². The van der Waals surface area contributed by atoms with Gasteiger partial charge in [-0.1, -0.05) is 26.7 Å². The second-order valence-corrected chi connectivity index (χ2v) is 4.73. The average Bonchev–Trinajstić information content (AvgIpc) is 2.57. The van der Waals surface area contributed by atoms with Crippen LogP contribution in [-0.2, 0) is 0 Å². The highest BCUT2D eigenvalue weighted by Gasteiger charge is 2.35. The van der Waals surface area contributed by atoms with Crippen LogP contribution in [0.3, 0.4) is 0 Å². The van der Waals surface area contributed by atoms with E-state index in [1.807, 2.05) is 0 Å². The van der Waals surface area contributed by atoms with Gasteiger partial charge in [-0.05, 0) is 25.8 Å². The molecule has 1 saturated heterocycles. The highest BCUT2D eigenvalue weighted by molar-refractivity contribution is 5.08. The minimum absolute atomic E-state index is 0.199. The molecule has 0 atom stereocenters. The van der Waals surface area contributed by atoms with E-state index in [9.17, 15) is 5.26 Å². The first-order valence-electron chi connectivity index (χ1n) is 6.66. The van der Waals surface area contributed by atoms with Crippen LogP contribution in [0.25, 0.3) is 0 Å². The molecule has 0 saturated carbocycles.